The lowest BCUT2D eigenvalue weighted by molar-refractivity contribution is 0.122. The molecule has 4 rings (SSSR count). The number of thiazole rings is 1. The average molecular weight is 352 g/mol. The number of ether oxygens (including phenoxy) is 1. The predicted molar refractivity (Wildman–Crippen MR) is 103 cm³/mol. The minimum Gasteiger partial charge on any atom is -0.378 e. The molecule has 0 unspecified atom stereocenters. The Morgan fingerprint density at radius 3 is 2.56 bits per heavy atom. The zero-order chi connectivity index (χ0) is 17.1. The molecule has 0 aliphatic carbocycles. The minimum absolute atomic E-state index is 0.800. The fraction of sp³-hybridized carbons (Fsp3) is 0.263. The van der Waals surface area contributed by atoms with E-state index in [1.807, 2.05) is 19.2 Å². The highest BCUT2D eigenvalue weighted by molar-refractivity contribution is 7.16. The van der Waals surface area contributed by atoms with Crippen LogP contribution in [-0.4, -0.2) is 37.1 Å². The lowest BCUT2D eigenvalue weighted by Gasteiger charge is -2.28. The molecule has 6 heteroatoms. The molecule has 1 fully saturated rings. The van der Waals surface area contributed by atoms with Crippen LogP contribution in [0.3, 0.4) is 0 Å². The van der Waals surface area contributed by atoms with Crippen LogP contribution >= 0.6 is 11.3 Å². The van der Waals surface area contributed by atoms with Crippen LogP contribution in [0.15, 0.2) is 58.7 Å². The van der Waals surface area contributed by atoms with Gasteiger partial charge in [0.1, 0.15) is 0 Å². The van der Waals surface area contributed by atoms with Crippen LogP contribution in [0.1, 0.15) is 5.56 Å². The molecule has 0 N–H and O–H groups in total. The Balaban J connectivity index is 1.52. The van der Waals surface area contributed by atoms with Crippen molar-refractivity contribution < 1.29 is 4.74 Å². The van der Waals surface area contributed by atoms with Crippen molar-refractivity contribution >= 4 is 33.5 Å². The second kappa shape index (κ2) is 7.21. The van der Waals surface area contributed by atoms with Crippen LogP contribution < -0.4 is 9.70 Å². The van der Waals surface area contributed by atoms with E-state index in [4.69, 9.17) is 4.74 Å². The molecule has 1 saturated heterocycles. The van der Waals surface area contributed by atoms with E-state index in [0.29, 0.717) is 0 Å². The molecule has 0 saturated carbocycles. The Kier molecular flexibility index (Phi) is 4.63. The molecule has 0 spiro atoms. The first kappa shape index (κ1) is 16.1. The molecule has 0 bridgehead atoms. The molecule has 0 radical (unpaired) electrons. The van der Waals surface area contributed by atoms with Gasteiger partial charge in [-0.05, 0) is 29.8 Å². The van der Waals surface area contributed by atoms with Crippen LogP contribution in [0.25, 0.3) is 10.2 Å². The van der Waals surface area contributed by atoms with Gasteiger partial charge in [-0.15, -0.1) is 5.10 Å². The Labute approximate surface area is 150 Å². The predicted octanol–water partition coefficient (Wildman–Crippen LogP) is 3.01. The number of nitrogens with zero attached hydrogens (tertiary/aromatic N) is 4. The standard InChI is InChI=1S/C19H20N4OS/c1-22-17-4-2-3-5-18(17)25-19(22)21-20-14-15-6-8-16(9-7-15)23-10-12-24-13-11-23/h2-9,14H,10-13H2,1H3. The number of aromatic nitrogens is 1. The average Bonchev–Trinajstić information content (AvgIpc) is 2.99. The summed E-state index contributed by atoms with van der Waals surface area (Å²) in [6.45, 7) is 3.50. The zero-order valence-electron chi connectivity index (χ0n) is 14.1. The van der Waals surface area contributed by atoms with Gasteiger partial charge in [-0.1, -0.05) is 35.6 Å². The van der Waals surface area contributed by atoms with Gasteiger partial charge in [0.25, 0.3) is 0 Å². The molecule has 3 aromatic rings. The molecule has 0 atom stereocenters. The first-order chi connectivity index (χ1) is 12.3. The van der Waals surface area contributed by atoms with Gasteiger partial charge in [0.05, 0.1) is 29.6 Å². The summed E-state index contributed by atoms with van der Waals surface area (Å²) in [5.41, 5.74) is 3.45. The van der Waals surface area contributed by atoms with Crippen molar-refractivity contribution in [2.24, 2.45) is 17.3 Å². The number of aryl methyl sites for hydroxylation is 1. The number of fused-ring (bicyclic) bond motifs is 1. The monoisotopic (exact) mass is 352 g/mol. The van der Waals surface area contributed by atoms with Crippen molar-refractivity contribution in [1.82, 2.24) is 4.57 Å². The Morgan fingerprint density at radius 2 is 1.80 bits per heavy atom. The van der Waals surface area contributed by atoms with E-state index in [1.54, 1.807) is 17.6 Å². The molecule has 1 aliphatic rings. The number of anilines is 1. The van der Waals surface area contributed by atoms with E-state index in [1.165, 1.54) is 15.9 Å². The molecule has 2 heterocycles. The first-order valence-electron chi connectivity index (χ1n) is 8.36. The number of hydrogen-bond acceptors (Lipinski definition) is 5. The van der Waals surface area contributed by atoms with Gasteiger partial charge in [-0.3, -0.25) is 0 Å². The highest BCUT2D eigenvalue weighted by Gasteiger charge is 2.10. The van der Waals surface area contributed by atoms with Crippen molar-refractivity contribution in [2.75, 3.05) is 31.2 Å². The number of hydrogen-bond donors (Lipinski definition) is 0. The van der Waals surface area contributed by atoms with Crippen molar-refractivity contribution in [2.45, 2.75) is 0 Å². The maximum Gasteiger partial charge on any atom is 0.211 e. The lowest BCUT2D eigenvalue weighted by atomic mass is 10.2. The highest BCUT2D eigenvalue weighted by atomic mass is 32.1. The second-order valence-corrected chi connectivity index (χ2v) is 6.96. The SMILES string of the molecule is Cn1c(=NN=Cc2ccc(N3CCOCC3)cc2)sc2ccccc21. The Morgan fingerprint density at radius 1 is 1.04 bits per heavy atom. The number of rotatable bonds is 3. The normalized spacial score (nSPS) is 16.2. The number of para-hydroxylation sites is 1. The van der Waals surface area contributed by atoms with Crippen LogP contribution in [0.4, 0.5) is 5.69 Å². The third-order valence-corrected chi connectivity index (χ3v) is 5.44. The molecule has 1 aromatic heterocycles. The molecule has 2 aromatic carbocycles. The summed E-state index contributed by atoms with van der Waals surface area (Å²) in [4.78, 5) is 3.23. The smallest absolute Gasteiger partial charge is 0.211 e. The van der Waals surface area contributed by atoms with Crippen molar-refractivity contribution in [3.8, 4) is 0 Å². The maximum absolute atomic E-state index is 5.40. The largest absolute Gasteiger partial charge is 0.378 e. The Bertz CT molecular complexity index is 949. The van der Waals surface area contributed by atoms with E-state index < -0.39 is 0 Å². The van der Waals surface area contributed by atoms with Gasteiger partial charge in [-0.25, -0.2) is 0 Å². The summed E-state index contributed by atoms with van der Waals surface area (Å²) in [6, 6.07) is 16.7. The summed E-state index contributed by atoms with van der Waals surface area (Å²) in [6.07, 6.45) is 1.80. The zero-order valence-corrected chi connectivity index (χ0v) is 14.9. The molecular formula is C19H20N4OS. The Hall–Kier alpha value is -2.44. The van der Waals surface area contributed by atoms with Crippen LogP contribution in [0, 0.1) is 0 Å². The molecule has 5 nitrogen and oxygen atoms in total. The lowest BCUT2D eigenvalue weighted by Crippen LogP contribution is -2.36. The topological polar surface area (TPSA) is 42.1 Å². The minimum atomic E-state index is 0.800. The molecule has 1 aliphatic heterocycles. The summed E-state index contributed by atoms with van der Waals surface area (Å²) in [5.74, 6) is 0. The summed E-state index contributed by atoms with van der Waals surface area (Å²) < 4.78 is 8.68. The molecular weight excluding hydrogens is 332 g/mol. The van der Waals surface area contributed by atoms with Gasteiger partial charge in [-0.2, -0.15) is 5.10 Å². The second-order valence-electron chi connectivity index (χ2n) is 5.95. The van der Waals surface area contributed by atoms with Crippen molar-refractivity contribution in [3.63, 3.8) is 0 Å². The number of morpholine rings is 1. The number of benzene rings is 2. The van der Waals surface area contributed by atoms with Gasteiger partial charge >= 0.3 is 0 Å². The first-order valence-corrected chi connectivity index (χ1v) is 9.17. The van der Waals surface area contributed by atoms with Gasteiger partial charge in [0.2, 0.25) is 4.80 Å². The van der Waals surface area contributed by atoms with E-state index >= 15 is 0 Å². The van der Waals surface area contributed by atoms with E-state index in [9.17, 15) is 0 Å². The van der Waals surface area contributed by atoms with Crippen molar-refractivity contribution in [1.29, 1.82) is 0 Å². The summed E-state index contributed by atoms with van der Waals surface area (Å²) >= 11 is 1.64. The van der Waals surface area contributed by atoms with Gasteiger partial charge in [0, 0.05) is 25.8 Å². The highest BCUT2D eigenvalue weighted by Crippen LogP contribution is 2.16. The van der Waals surface area contributed by atoms with Crippen LogP contribution in [0.2, 0.25) is 0 Å². The maximum atomic E-state index is 5.40. The van der Waals surface area contributed by atoms with Gasteiger partial charge < -0.3 is 14.2 Å². The fourth-order valence-corrected chi connectivity index (χ4v) is 3.89. The third kappa shape index (κ3) is 3.50. The van der Waals surface area contributed by atoms with Crippen LogP contribution in [0.5, 0.6) is 0 Å². The molecule has 25 heavy (non-hydrogen) atoms. The summed E-state index contributed by atoms with van der Waals surface area (Å²) in [5, 5.41) is 8.64. The van der Waals surface area contributed by atoms with Crippen molar-refractivity contribution in [3.05, 3.63) is 58.9 Å². The van der Waals surface area contributed by atoms with E-state index in [-0.39, 0.29) is 0 Å². The third-order valence-electron chi connectivity index (χ3n) is 4.33. The van der Waals surface area contributed by atoms with E-state index in [0.717, 1.165) is 36.7 Å². The molecule has 0 amide bonds. The van der Waals surface area contributed by atoms with Crippen LogP contribution in [-0.2, 0) is 11.8 Å². The molecule has 128 valence electrons. The quantitative estimate of drug-likeness (QED) is 0.537. The van der Waals surface area contributed by atoms with Gasteiger partial charge in [0.15, 0.2) is 0 Å². The van der Waals surface area contributed by atoms with E-state index in [2.05, 4.69) is 56.1 Å². The fourth-order valence-electron chi connectivity index (χ4n) is 2.92. The summed E-state index contributed by atoms with van der Waals surface area (Å²) in [7, 11) is 2.02.